The Bertz CT molecular complexity index is 642. The zero-order valence-corrected chi connectivity index (χ0v) is 11.2. The van der Waals surface area contributed by atoms with E-state index >= 15 is 0 Å². The fourth-order valence-corrected chi connectivity index (χ4v) is 2.39. The number of hydrogen-bond acceptors (Lipinski definition) is 3. The highest BCUT2D eigenvalue weighted by molar-refractivity contribution is 5.85. The smallest absolute Gasteiger partial charge is 0.243 e. The molecule has 0 bridgehead atoms. The van der Waals surface area contributed by atoms with Crippen molar-refractivity contribution in [2.45, 2.75) is 38.8 Å². The molecular formula is C14H18N4O. The summed E-state index contributed by atoms with van der Waals surface area (Å²) >= 11 is 0. The lowest BCUT2D eigenvalue weighted by Crippen LogP contribution is -2.32. The predicted molar refractivity (Wildman–Crippen MR) is 74.8 cm³/mol. The van der Waals surface area contributed by atoms with Gasteiger partial charge < -0.3 is 15.6 Å². The standard InChI is InChI=1S/C14H18N4O/c1-8(14(19)17-11-4-5-11)18-9(2)16-12-7-10(15)3-6-13(12)18/h3,6-8,11H,4-5,15H2,1-2H3,(H,17,19). The van der Waals surface area contributed by atoms with Gasteiger partial charge in [-0.25, -0.2) is 4.98 Å². The highest BCUT2D eigenvalue weighted by atomic mass is 16.2. The third-order valence-corrected chi connectivity index (χ3v) is 3.58. The molecule has 0 radical (unpaired) electrons. The molecular weight excluding hydrogens is 240 g/mol. The minimum atomic E-state index is -0.255. The number of aromatic nitrogens is 2. The minimum absolute atomic E-state index is 0.0572. The van der Waals surface area contributed by atoms with Gasteiger partial charge in [-0.1, -0.05) is 0 Å². The van der Waals surface area contributed by atoms with Crippen molar-refractivity contribution in [2.24, 2.45) is 0 Å². The number of nitrogens with one attached hydrogen (secondary N) is 1. The second-order valence-corrected chi connectivity index (χ2v) is 5.24. The first-order valence-electron chi connectivity index (χ1n) is 6.60. The quantitative estimate of drug-likeness (QED) is 0.824. The normalized spacial score (nSPS) is 16.5. The fraction of sp³-hybridized carbons (Fsp3) is 0.429. The SMILES string of the molecule is Cc1nc2cc(N)ccc2n1C(C)C(=O)NC1CC1. The van der Waals surface area contributed by atoms with E-state index in [1.54, 1.807) is 0 Å². The molecule has 1 aromatic carbocycles. The molecule has 5 heteroatoms. The summed E-state index contributed by atoms with van der Waals surface area (Å²) in [5.41, 5.74) is 8.24. The highest BCUT2D eigenvalue weighted by Crippen LogP contribution is 2.24. The van der Waals surface area contributed by atoms with Gasteiger partial charge in [0.2, 0.25) is 5.91 Å². The summed E-state index contributed by atoms with van der Waals surface area (Å²) in [6.45, 7) is 3.82. The molecule has 1 aliphatic rings. The molecule has 2 aromatic rings. The molecule has 1 aliphatic carbocycles. The third-order valence-electron chi connectivity index (χ3n) is 3.58. The summed E-state index contributed by atoms with van der Waals surface area (Å²) in [6.07, 6.45) is 2.19. The van der Waals surface area contributed by atoms with E-state index in [2.05, 4.69) is 10.3 Å². The molecule has 1 aromatic heterocycles. The van der Waals surface area contributed by atoms with Crippen LogP contribution in [0.2, 0.25) is 0 Å². The number of fused-ring (bicyclic) bond motifs is 1. The molecule has 3 rings (SSSR count). The van der Waals surface area contributed by atoms with Gasteiger partial charge in [0.25, 0.3) is 0 Å². The van der Waals surface area contributed by atoms with Crippen LogP contribution in [0.4, 0.5) is 5.69 Å². The molecule has 3 N–H and O–H groups in total. The number of rotatable bonds is 3. The van der Waals surface area contributed by atoms with Crippen molar-refractivity contribution in [3.63, 3.8) is 0 Å². The van der Waals surface area contributed by atoms with Gasteiger partial charge in [-0.05, 0) is 44.9 Å². The van der Waals surface area contributed by atoms with Crippen molar-refractivity contribution in [3.05, 3.63) is 24.0 Å². The summed E-state index contributed by atoms with van der Waals surface area (Å²) in [5, 5.41) is 3.03. The number of carbonyl (C=O) groups excluding carboxylic acids is 1. The Morgan fingerprint density at radius 1 is 1.53 bits per heavy atom. The van der Waals surface area contributed by atoms with Crippen LogP contribution in [0.15, 0.2) is 18.2 Å². The number of carbonyl (C=O) groups is 1. The maximum absolute atomic E-state index is 12.2. The summed E-state index contributed by atoms with van der Waals surface area (Å²) in [7, 11) is 0. The summed E-state index contributed by atoms with van der Waals surface area (Å²) < 4.78 is 1.96. The zero-order chi connectivity index (χ0) is 13.6. The Labute approximate surface area is 111 Å². The van der Waals surface area contributed by atoms with Crippen molar-refractivity contribution in [2.75, 3.05) is 5.73 Å². The molecule has 1 saturated carbocycles. The van der Waals surface area contributed by atoms with E-state index < -0.39 is 0 Å². The minimum Gasteiger partial charge on any atom is -0.399 e. The second kappa shape index (κ2) is 4.26. The van der Waals surface area contributed by atoms with Crippen LogP contribution in [0.3, 0.4) is 0 Å². The van der Waals surface area contributed by atoms with Crippen LogP contribution >= 0.6 is 0 Å². The number of benzene rings is 1. The van der Waals surface area contributed by atoms with Gasteiger partial charge in [-0.15, -0.1) is 0 Å². The van der Waals surface area contributed by atoms with Crippen LogP contribution in [-0.4, -0.2) is 21.5 Å². The van der Waals surface area contributed by atoms with Gasteiger partial charge in [0.15, 0.2) is 0 Å². The van der Waals surface area contributed by atoms with E-state index in [9.17, 15) is 4.79 Å². The molecule has 1 amide bonds. The Kier molecular flexibility index (Phi) is 2.69. The number of nitrogens with two attached hydrogens (primary N) is 1. The van der Waals surface area contributed by atoms with E-state index in [1.807, 2.05) is 36.6 Å². The lowest BCUT2D eigenvalue weighted by molar-refractivity contribution is -0.123. The number of nitrogens with zero attached hydrogens (tertiary/aromatic N) is 2. The van der Waals surface area contributed by atoms with Crippen molar-refractivity contribution >= 4 is 22.6 Å². The van der Waals surface area contributed by atoms with E-state index in [-0.39, 0.29) is 11.9 Å². The fourth-order valence-electron chi connectivity index (χ4n) is 2.39. The molecule has 5 nitrogen and oxygen atoms in total. The van der Waals surface area contributed by atoms with Crippen LogP contribution in [0.5, 0.6) is 0 Å². The average molecular weight is 258 g/mol. The van der Waals surface area contributed by atoms with Crippen LogP contribution < -0.4 is 11.1 Å². The van der Waals surface area contributed by atoms with Crippen LogP contribution in [0, 0.1) is 6.92 Å². The number of anilines is 1. The molecule has 19 heavy (non-hydrogen) atoms. The Balaban J connectivity index is 1.98. The zero-order valence-electron chi connectivity index (χ0n) is 11.2. The van der Waals surface area contributed by atoms with Crippen molar-refractivity contribution < 1.29 is 4.79 Å². The largest absolute Gasteiger partial charge is 0.399 e. The Hall–Kier alpha value is -2.04. The maximum atomic E-state index is 12.2. The van der Waals surface area contributed by atoms with Crippen LogP contribution in [0.25, 0.3) is 11.0 Å². The Morgan fingerprint density at radius 3 is 2.95 bits per heavy atom. The molecule has 1 atom stereocenters. The van der Waals surface area contributed by atoms with Crippen molar-refractivity contribution in [1.29, 1.82) is 0 Å². The predicted octanol–water partition coefficient (Wildman–Crippen LogP) is 1.77. The van der Waals surface area contributed by atoms with Gasteiger partial charge in [-0.3, -0.25) is 4.79 Å². The Morgan fingerprint density at radius 2 is 2.26 bits per heavy atom. The third kappa shape index (κ3) is 2.16. The molecule has 0 saturated heterocycles. The molecule has 1 unspecified atom stereocenters. The van der Waals surface area contributed by atoms with E-state index in [4.69, 9.17) is 5.73 Å². The first kappa shape index (κ1) is 12.0. The first-order valence-corrected chi connectivity index (χ1v) is 6.60. The molecule has 0 aliphatic heterocycles. The summed E-state index contributed by atoms with van der Waals surface area (Å²) in [4.78, 5) is 16.6. The average Bonchev–Trinajstić information content (AvgIpc) is 3.10. The molecule has 100 valence electrons. The van der Waals surface area contributed by atoms with Gasteiger partial charge in [0.05, 0.1) is 11.0 Å². The number of hydrogen-bond donors (Lipinski definition) is 2. The van der Waals surface area contributed by atoms with Crippen molar-refractivity contribution in [1.82, 2.24) is 14.9 Å². The van der Waals surface area contributed by atoms with Crippen LogP contribution in [0.1, 0.15) is 31.6 Å². The number of aryl methyl sites for hydroxylation is 1. The van der Waals surface area contributed by atoms with E-state index in [0.717, 1.165) is 29.7 Å². The molecule has 0 spiro atoms. The van der Waals surface area contributed by atoms with E-state index in [0.29, 0.717) is 11.7 Å². The van der Waals surface area contributed by atoms with Gasteiger partial charge in [0.1, 0.15) is 11.9 Å². The topological polar surface area (TPSA) is 72.9 Å². The maximum Gasteiger partial charge on any atom is 0.243 e. The monoisotopic (exact) mass is 258 g/mol. The highest BCUT2D eigenvalue weighted by Gasteiger charge is 2.27. The van der Waals surface area contributed by atoms with Gasteiger partial charge in [-0.2, -0.15) is 0 Å². The number of amides is 1. The van der Waals surface area contributed by atoms with E-state index in [1.165, 1.54) is 0 Å². The van der Waals surface area contributed by atoms with Crippen molar-refractivity contribution in [3.8, 4) is 0 Å². The second-order valence-electron chi connectivity index (χ2n) is 5.24. The van der Waals surface area contributed by atoms with Gasteiger partial charge >= 0.3 is 0 Å². The van der Waals surface area contributed by atoms with Gasteiger partial charge in [0, 0.05) is 11.7 Å². The lowest BCUT2D eigenvalue weighted by atomic mass is 10.2. The lowest BCUT2D eigenvalue weighted by Gasteiger charge is -2.16. The molecule has 1 heterocycles. The van der Waals surface area contributed by atoms with Crippen LogP contribution in [-0.2, 0) is 4.79 Å². The number of nitrogen functional groups attached to an aromatic ring is 1. The first-order chi connectivity index (χ1) is 9.06. The molecule has 1 fully saturated rings. The summed E-state index contributed by atoms with van der Waals surface area (Å²) in [6, 6.07) is 5.72. The summed E-state index contributed by atoms with van der Waals surface area (Å²) in [5.74, 6) is 0.890. The number of imidazole rings is 1.